The zero-order valence-corrected chi connectivity index (χ0v) is 12.0. The monoisotopic (exact) mass is 322 g/mol. The van der Waals surface area contributed by atoms with Crippen LogP contribution in [0.1, 0.15) is 11.1 Å². The summed E-state index contributed by atoms with van der Waals surface area (Å²) in [5.74, 6) is -1.58. The normalized spacial score (nSPS) is 12.9. The van der Waals surface area contributed by atoms with Crippen LogP contribution >= 0.6 is 0 Å². The van der Waals surface area contributed by atoms with Crippen molar-refractivity contribution in [1.29, 1.82) is 0 Å². The summed E-state index contributed by atoms with van der Waals surface area (Å²) in [6.45, 7) is 0. The molecule has 22 heavy (non-hydrogen) atoms. The largest absolute Gasteiger partial charge is 0.504 e. The van der Waals surface area contributed by atoms with Crippen LogP contribution in [0.4, 0.5) is 0 Å². The molecule has 1 unspecified atom stereocenters. The summed E-state index contributed by atoms with van der Waals surface area (Å²) < 4.78 is 19.5. The Labute approximate surface area is 128 Å². The molecule has 7 nitrogen and oxygen atoms in total. The predicted octanol–water partition coefficient (Wildman–Crippen LogP) is 1.53. The molecule has 0 aliphatic heterocycles. The fourth-order valence-corrected chi connectivity index (χ4v) is 1.96. The molecule has 0 aromatic heterocycles. The highest BCUT2D eigenvalue weighted by Crippen LogP contribution is 2.38. The topological polar surface area (TPSA) is 122 Å². The van der Waals surface area contributed by atoms with Gasteiger partial charge in [0.1, 0.15) is 0 Å². The van der Waals surface area contributed by atoms with Gasteiger partial charge in [-0.2, -0.15) is 0 Å². The molecule has 2 aromatic rings. The van der Waals surface area contributed by atoms with E-state index in [1.54, 1.807) is 24.3 Å². The van der Waals surface area contributed by atoms with Gasteiger partial charge in [0.15, 0.2) is 11.5 Å². The molecule has 0 aliphatic rings. The van der Waals surface area contributed by atoms with Crippen LogP contribution in [0, 0.1) is 0 Å². The molecule has 0 saturated heterocycles. The first-order valence-electron chi connectivity index (χ1n) is 6.12. The van der Waals surface area contributed by atoms with Crippen molar-refractivity contribution in [2.24, 2.45) is 0 Å². The Balaban J connectivity index is 2.44. The standard InChI is InChI=1S/C14H14N2O5S/c17-12-7-6-10(13(18)14(12)19)8-11(15-16-22(20)21)9-4-2-1-3-5-9/h1-8,15-19H,(H,20,21)/b11-8-. The van der Waals surface area contributed by atoms with E-state index in [2.05, 4.69) is 10.3 Å². The number of phenols is 3. The zero-order chi connectivity index (χ0) is 16.1. The molecule has 0 aliphatic carbocycles. The van der Waals surface area contributed by atoms with Crippen molar-refractivity contribution in [2.45, 2.75) is 0 Å². The lowest BCUT2D eigenvalue weighted by atomic mass is 10.1. The summed E-state index contributed by atoms with van der Waals surface area (Å²) in [5.41, 5.74) is 3.82. The molecule has 0 bridgehead atoms. The fourth-order valence-electron chi connectivity index (χ4n) is 1.76. The number of benzene rings is 2. The minimum absolute atomic E-state index is 0.215. The zero-order valence-electron chi connectivity index (χ0n) is 11.2. The molecule has 0 heterocycles. The molecule has 116 valence electrons. The van der Waals surface area contributed by atoms with E-state index in [-0.39, 0.29) is 5.56 Å². The van der Waals surface area contributed by atoms with Crippen molar-refractivity contribution in [3.63, 3.8) is 0 Å². The molecule has 8 heteroatoms. The molecule has 0 saturated carbocycles. The van der Waals surface area contributed by atoms with Gasteiger partial charge in [-0.25, -0.2) is 4.21 Å². The van der Waals surface area contributed by atoms with E-state index < -0.39 is 28.5 Å². The van der Waals surface area contributed by atoms with Gasteiger partial charge in [0.25, 0.3) is 0 Å². The first kappa shape index (κ1) is 15.8. The van der Waals surface area contributed by atoms with E-state index in [1.807, 2.05) is 6.07 Å². The van der Waals surface area contributed by atoms with Crippen LogP contribution in [0.25, 0.3) is 11.8 Å². The van der Waals surface area contributed by atoms with Crippen molar-refractivity contribution in [1.82, 2.24) is 10.3 Å². The van der Waals surface area contributed by atoms with Gasteiger partial charge in [-0.1, -0.05) is 30.3 Å². The minimum Gasteiger partial charge on any atom is -0.504 e. The van der Waals surface area contributed by atoms with E-state index in [0.717, 1.165) is 0 Å². The predicted molar refractivity (Wildman–Crippen MR) is 82.8 cm³/mol. The highest BCUT2D eigenvalue weighted by atomic mass is 32.2. The van der Waals surface area contributed by atoms with Crippen LogP contribution in [0.5, 0.6) is 17.2 Å². The Kier molecular flexibility index (Phi) is 4.99. The maximum atomic E-state index is 10.7. The molecule has 0 spiro atoms. The SMILES string of the molecule is O=S(O)NN/C(=C\c1ccc(O)c(O)c1O)c1ccccc1. The number of phenolic OH excluding ortho intramolecular Hbond substituents is 3. The van der Waals surface area contributed by atoms with Crippen LogP contribution in [0.3, 0.4) is 0 Å². The molecule has 0 fully saturated rings. The Morgan fingerprint density at radius 3 is 2.32 bits per heavy atom. The van der Waals surface area contributed by atoms with Crippen LogP contribution in [-0.2, 0) is 11.3 Å². The Hall–Kier alpha value is -2.55. The summed E-state index contributed by atoms with van der Waals surface area (Å²) in [6, 6.07) is 11.5. The van der Waals surface area contributed by atoms with Crippen molar-refractivity contribution >= 4 is 23.0 Å². The first-order chi connectivity index (χ1) is 10.5. The van der Waals surface area contributed by atoms with Gasteiger partial charge >= 0.3 is 0 Å². The third-order valence-corrected chi connectivity index (χ3v) is 3.10. The highest BCUT2D eigenvalue weighted by molar-refractivity contribution is 7.77. The summed E-state index contributed by atoms with van der Waals surface area (Å²) >= 11 is -2.29. The van der Waals surface area contributed by atoms with E-state index in [0.29, 0.717) is 11.3 Å². The summed E-state index contributed by atoms with van der Waals surface area (Å²) in [4.78, 5) is 2.13. The lowest BCUT2D eigenvalue weighted by molar-refractivity contribution is 0.367. The number of rotatable bonds is 5. The number of hydrazine groups is 1. The average molecular weight is 322 g/mol. The van der Waals surface area contributed by atoms with Crippen molar-refractivity contribution < 1.29 is 24.1 Å². The minimum atomic E-state index is -2.29. The van der Waals surface area contributed by atoms with E-state index in [1.165, 1.54) is 18.2 Å². The quantitative estimate of drug-likeness (QED) is 0.215. The lowest BCUT2D eigenvalue weighted by Crippen LogP contribution is -2.31. The average Bonchev–Trinajstić information content (AvgIpc) is 2.52. The second-order valence-electron chi connectivity index (χ2n) is 4.27. The second-order valence-corrected chi connectivity index (χ2v) is 4.97. The molecule has 2 aromatic carbocycles. The maximum Gasteiger partial charge on any atom is 0.250 e. The highest BCUT2D eigenvalue weighted by Gasteiger charge is 2.11. The molecular weight excluding hydrogens is 308 g/mol. The van der Waals surface area contributed by atoms with Crippen LogP contribution < -0.4 is 10.3 Å². The molecule has 0 amide bonds. The van der Waals surface area contributed by atoms with Gasteiger partial charge < -0.3 is 20.7 Å². The van der Waals surface area contributed by atoms with E-state index in [9.17, 15) is 19.5 Å². The summed E-state index contributed by atoms with van der Waals surface area (Å²) in [5, 5.41) is 28.7. The van der Waals surface area contributed by atoms with E-state index in [4.69, 9.17) is 4.55 Å². The van der Waals surface area contributed by atoms with Crippen molar-refractivity contribution in [3.05, 3.63) is 53.6 Å². The van der Waals surface area contributed by atoms with Gasteiger partial charge in [0, 0.05) is 5.56 Å². The van der Waals surface area contributed by atoms with Gasteiger partial charge in [-0.3, -0.25) is 4.55 Å². The Morgan fingerprint density at radius 2 is 1.68 bits per heavy atom. The third-order valence-electron chi connectivity index (χ3n) is 2.82. The van der Waals surface area contributed by atoms with Crippen LogP contribution in [-0.4, -0.2) is 24.1 Å². The maximum absolute atomic E-state index is 10.7. The third kappa shape index (κ3) is 3.76. The molecule has 1 atom stereocenters. The van der Waals surface area contributed by atoms with Gasteiger partial charge in [-0.15, -0.1) is 4.83 Å². The number of aromatic hydroxyl groups is 3. The van der Waals surface area contributed by atoms with Gasteiger partial charge in [0.05, 0.1) is 5.70 Å². The first-order valence-corrected chi connectivity index (χ1v) is 7.23. The fraction of sp³-hybridized carbons (Fsp3) is 0. The molecular formula is C14H14N2O5S. The van der Waals surface area contributed by atoms with Crippen LogP contribution in [0.15, 0.2) is 42.5 Å². The van der Waals surface area contributed by atoms with Gasteiger partial charge in [0.2, 0.25) is 17.0 Å². The Bertz CT molecular complexity index is 719. The van der Waals surface area contributed by atoms with Crippen molar-refractivity contribution in [3.8, 4) is 17.2 Å². The smallest absolute Gasteiger partial charge is 0.250 e. The Morgan fingerprint density at radius 1 is 1.00 bits per heavy atom. The van der Waals surface area contributed by atoms with Crippen molar-refractivity contribution in [2.75, 3.05) is 0 Å². The summed E-state index contributed by atoms with van der Waals surface area (Å²) in [7, 11) is 0. The molecule has 0 radical (unpaired) electrons. The molecule has 6 N–H and O–H groups in total. The number of hydrogen-bond donors (Lipinski definition) is 6. The second kappa shape index (κ2) is 6.94. The number of hydrogen-bond acceptors (Lipinski definition) is 5. The van der Waals surface area contributed by atoms with E-state index >= 15 is 0 Å². The van der Waals surface area contributed by atoms with Gasteiger partial charge in [-0.05, 0) is 23.8 Å². The van der Waals surface area contributed by atoms with Crippen LogP contribution in [0.2, 0.25) is 0 Å². The number of nitrogens with one attached hydrogen (secondary N) is 2. The lowest BCUT2D eigenvalue weighted by Gasteiger charge is -2.11. The summed E-state index contributed by atoms with van der Waals surface area (Å²) in [6.07, 6.45) is 1.45. The molecule has 2 rings (SSSR count).